The van der Waals surface area contributed by atoms with E-state index in [1.165, 1.54) is 0 Å². The zero-order valence-corrected chi connectivity index (χ0v) is 18.4. The normalized spacial score (nSPS) is 20.3. The van der Waals surface area contributed by atoms with Gasteiger partial charge in [0.05, 0.1) is 37.9 Å². The predicted octanol–water partition coefficient (Wildman–Crippen LogP) is 5.00. The van der Waals surface area contributed by atoms with Crippen molar-refractivity contribution in [3.05, 3.63) is 95.0 Å². The van der Waals surface area contributed by atoms with E-state index in [9.17, 15) is 4.79 Å². The molecule has 160 valence electrons. The number of carbonyl (C=O) groups is 1. The average molecular weight is 444 g/mol. The van der Waals surface area contributed by atoms with Gasteiger partial charge in [-0.05, 0) is 47.5 Å². The Labute approximate surface area is 192 Å². The zero-order valence-electron chi connectivity index (χ0n) is 17.6. The van der Waals surface area contributed by atoms with Crippen LogP contribution < -0.4 is 9.64 Å². The maximum atomic E-state index is 13.7. The maximum Gasteiger partial charge on any atom is 0.273 e. The smallest absolute Gasteiger partial charge is 0.273 e. The Kier molecular flexibility index (Phi) is 5.50. The van der Waals surface area contributed by atoms with E-state index in [2.05, 4.69) is 0 Å². The molecule has 0 spiro atoms. The molecule has 3 aromatic carbocycles. The van der Waals surface area contributed by atoms with Gasteiger partial charge in [0.15, 0.2) is 0 Å². The number of benzene rings is 3. The van der Waals surface area contributed by atoms with Gasteiger partial charge < -0.3 is 4.74 Å². The van der Waals surface area contributed by atoms with Crippen molar-refractivity contribution in [1.29, 1.82) is 0 Å². The lowest BCUT2D eigenvalue weighted by molar-refractivity contribution is -0.112. The number of aliphatic imine (C=N–C) groups is 2. The van der Waals surface area contributed by atoms with Gasteiger partial charge in [-0.3, -0.25) is 19.7 Å². The molecular weight excluding hydrogens is 422 g/mol. The number of fused-ring (bicyclic) bond motifs is 1. The van der Waals surface area contributed by atoms with Gasteiger partial charge in [0, 0.05) is 10.7 Å². The van der Waals surface area contributed by atoms with E-state index in [1.54, 1.807) is 7.11 Å². The predicted molar refractivity (Wildman–Crippen MR) is 128 cm³/mol. The number of methoxy groups -OCH3 is 1. The van der Waals surface area contributed by atoms with Gasteiger partial charge in [0.2, 0.25) is 0 Å². The molecule has 0 unspecified atom stereocenters. The minimum atomic E-state index is -0.292. The number of halogens is 1. The highest BCUT2D eigenvalue weighted by Crippen LogP contribution is 2.43. The van der Waals surface area contributed by atoms with Crippen LogP contribution in [0.3, 0.4) is 0 Å². The van der Waals surface area contributed by atoms with E-state index in [1.807, 2.05) is 83.8 Å². The van der Waals surface area contributed by atoms with Gasteiger partial charge in [-0.15, -0.1) is 0 Å². The minimum Gasteiger partial charge on any atom is -0.497 e. The van der Waals surface area contributed by atoms with Crippen molar-refractivity contribution in [3.63, 3.8) is 0 Å². The van der Waals surface area contributed by atoms with Crippen molar-refractivity contribution in [1.82, 2.24) is 0 Å². The zero-order chi connectivity index (χ0) is 22.1. The Morgan fingerprint density at radius 2 is 1.53 bits per heavy atom. The molecule has 2 aliphatic heterocycles. The molecule has 0 aliphatic carbocycles. The van der Waals surface area contributed by atoms with Crippen LogP contribution in [0.5, 0.6) is 5.75 Å². The molecule has 2 heterocycles. The molecular formula is C26H22ClN3O2. The van der Waals surface area contributed by atoms with Crippen LogP contribution in [0.15, 0.2) is 88.8 Å². The maximum absolute atomic E-state index is 13.7. The molecule has 2 aliphatic rings. The Bertz CT molecular complexity index is 1190. The summed E-state index contributed by atoms with van der Waals surface area (Å²) in [5.41, 5.74) is 4.22. The van der Waals surface area contributed by atoms with Crippen LogP contribution in [0.2, 0.25) is 5.02 Å². The Balaban J connectivity index is 1.69. The molecule has 1 saturated heterocycles. The first-order valence-corrected chi connectivity index (χ1v) is 10.9. The van der Waals surface area contributed by atoms with E-state index in [0.29, 0.717) is 23.8 Å². The van der Waals surface area contributed by atoms with Crippen molar-refractivity contribution in [2.75, 3.05) is 25.1 Å². The highest BCUT2D eigenvalue weighted by molar-refractivity contribution is 6.51. The molecule has 5 rings (SSSR count). The fourth-order valence-electron chi connectivity index (χ4n) is 4.47. The fourth-order valence-corrected chi connectivity index (χ4v) is 4.59. The van der Waals surface area contributed by atoms with Gasteiger partial charge in [0.25, 0.3) is 5.91 Å². The molecule has 32 heavy (non-hydrogen) atoms. The third kappa shape index (κ3) is 3.59. The summed E-state index contributed by atoms with van der Waals surface area (Å²) in [6.07, 6.45) is 0. The van der Waals surface area contributed by atoms with Gasteiger partial charge >= 0.3 is 0 Å². The van der Waals surface area contributed by atoms with Gasteiger partial charge in [-0.25, -0.2) is 0 Å². The number of hydrogen-bond acceptors (Lipinski definition) is 4. The molecule has 5 nitrogen and oxygen atoms in total. The molecule has 0 saturated carbocycles. The Hall–Kier alpha value is -3.44. The van der Waals surface area contributed by atoms with Crippen molar-refractivity contribution in [2.45, 2.75) is 6.04 Å². The second-order valence-electron chi connectivity index (χ2n) is 7.75. The number of ether oxygens (including phenoxy) is 1. The number of anilines is 1. The summed E-state index contributed by atoms with van der Waals surface area (Å²) in [5, 5.41) is 0.664. The standard InChI is InChI=1S/C26H22ClN3O2/c1-32-21-13-9-18(10-14-21)25-22-23(17-7-11-19(27)12-8-17)28-15-16-29-24(22)26(31)30(25)20-5-3-2-4-6-20/h2-14,22,25H,15-16H2,1H3/t22-,25-/m0/s1. The first-order chi connectivity index (χ1) is 15.7. The quantitative estimate of drug-likeness (QED) is 0.570. The Morgan fingerprint density at radius 1 is 0.875 bits per heavy atom. The molecule has 6 heteroatoms. The van der Waals surface area contributed by atoms with Crippen molar-refractivity contribution in [2.24, 2.45) is 15.9 Å². The molecule has 0 aromatic heterocycles. The van der Waals surface area contributed by atoms with Crippen LogP contribution in [0, 0.1) is 5.92 Å². The summed E-state index contributed by atoms with van der Waals surface area (Å²) in [5.74, 6) is 0.399. The van der Waals surface area contributed by atoms with Crippen LogP contribution in [-0.2, 0) is 4.79 Å². The number of amides is 1. The van der Waals surface area contributed by atoms with E-state index < -0.39 is 0 Å². The number of hydrogen-bond donors (Lipinski definition) is 0. The highest BCUT2D eigenvalue weighted by atomic mass is 35.5. The molecule has 0 N–H and O–H groups in total. The molecule has 0 bridgehead atoms. The van der Waals surface area contributed by atoms with Crippen LogP contribution in [0.4, 0.5) is 5.69 Å². The van der Waals surface area contributed by atoms with Gasteiger partial charge in [0.1, 0.15) is 11.5 Å². The third-order valence-corrected chi connectivity index (χ3v) is 6.17. The monoisotopic (exact) mass is 443 g/mol. The number of nitrogens with zero attached hydrogens (tertiary/aromatic N) is 3. The van der Waals surface area contributed by atoms with Crippen molar-refractivity contribution >= 4 is 34.6 Å². The second kappa shape index (κ2) is 8.60. The summed E-state index contributed by atoms with van der Waals surface area (Å²) in [6.45, 7) is 1.04. The number of carbonyl (C=O) groups excluding carboxylic acids is 1. The highest BCUT2D eigenvalue weighted by Gasteiger charge is 2.49. The lowest BCUT2D eigenvalue weighted by atomic mass is 9.85. The lowest BCUT2D eigenvalue weighted by Gasteiger charge is -2.29. The van der Waals surface area contributed by atoms with Crippen LogP contribution in [-0.4, -0.2) is 37.5 Å². The number of para-hydroxylation sites is 1. The SMILES string of the molecule is COc1ccc([C@H]2[C@@H]3C(=NCCN=C3c3ccc(Cl)cc3)C(=O)N2c2ccccc2)cc1. The van der Waals surface area contributed by atoms with E-state index in [0.717, 1.165) is 28.3 Å². The van der Waals surface area contributed by atoms with E-state index >= 15 is 0 Å². The summed E-state index contributed by atoms with van der Waals surface area (Å²) < 4.78 is 5.35. The van der Waals surface area contributed by atoms with Gasteiger partial charge in [-0.1, -0.05) is 54.1 Å². The topological polar surface area (TPSA) is 54.3 Å². The summed E-state index contributed by atoms with van der Waals surface area (Å²) in [4.78, 5) is 25.2. The minimum absolute atomic E-state index is 0.0782. The van der Waals surface area contributed by atoms with E-state index in [4.69, 9.17) is 26.3 Å². The second-order valence-corrected chi connectivity index (χ2v) is 8.18. The third-order valence-electron chi connectivity index (χ3n) is 5.92. The first kappa shape index (κ1) is 20.5. The number of rotatable bonds is 4. The molecule has 3 aromatic rings. The summed E-state index contributed by atoms with van der Waals surface area (Å²) in [7, 11) is 1.64. The Morgan fingerprint density at radius 3 is 2.19 bits per heavy atom. The first-order valence-electron chi connectivity index (χ1n) is 10.5. The molecule has 0 radical (unpaired) electrons. The van der Waals surface area contributed by atoms with Crippen LogP contribution in [0.1, 0.15) is 17.2 Å². The largest absolute Gasteiger partial charge is 0.497 e. The summed E-state index contributed by atoms with van der Waals surface area (Å²) >= 11 is 6.14. The van der Waals surface area contributed by atoms with Gasteiger partial charge in [-0.2, -0.15) is 0 Å². The lowest BCUT2D eigenvalue weighted by Crippen LogP contribution is -2.31. The van der Waals surface area contributed by atoms with Crippen molar-refractivity contribution < 1.29 is 9.53 Å². The molecule has 1 fully saturated rings. The fraction of sp³-hybridized carbons (Fsp3) is 0.192. The molecule has 2 atom stereocenters. The van der Waals surface area contributed by atoms with Crippen LogP contribution in [0.25, 0.3) is 0 Å². The van der Waals surface area contributed by atoms with E-state index in [-0.39, 0.29) is 17.9 Å². The van der Waals surface area contributed by atoms with Crippen LogP contribution >= 0.6 is 11.6 Å². The summed E-state index contributed by atoms with van der Waals surface area (Å²) in [6, 6.07) is 25.0. The average Bonchev–Trinajstić information content (AvgIpc) is 2.97. The molecule has 1 amide bonds. The van der Waals surface area contributed by atoms with Crippen molar-refractivity contribution in [3.8, 4) is 5.75 Å².